The minimum atomic E-state index is -0.166. The second-order valence-corrected chi connectivity index (χ2v) is 6.76. The van der Waals surface area contributed by atoms with Crippen molar-refractivity contribution >= 4 is 34.2 Å². The summed E-state index contributed by atoms with van der Waals surface area (Å²) in [5, 5.41) is 11.5. The van der Waals surface area contributed by atoms with Crippen LogP contribution in [-0.4, -0.2) is 31.8 Å². The van der Waals surface area contributed by atoms with E-state index in [0.29, 0.717) is 22.4 Å². The van der Waals surface area contributed by atoms with Crippen LogP contribution in [0.1, 0.15) is 5.56 Å². The summed E-state index contributed by atoms with van der Waals surface area (Å²) in [6.07, 6.45) is 0. The van der Waals surface area contributed by atoms with E-state index in [2.05, 4.69) is 5.32 Å². The molecule has 0 saturated carbocycles. The number of aryl methyl sites for hydroxylation is 1. The van der Waals surface area contributed by atoms with Gasteiger partial charge in [0.1, 0.15) is 0 Å². The molecule has 3 rings (SSSR count). The average molecular weight is 358 g/mol. The number of carbonyl (C=O) groups is 1. The van der Waals surface area contributed by atoms with E-state index in [1.807, 2.05) is 25.1 Å². The molecule has 0 aliphatic carbocycles. The number of nitrogens with one attached hydrogen (secondary N) is 3. The molecule has 1 aliphatic heterocycles. The van der Waals surface area contributed by atoms with Crippen molar-refractivity contribution in [2.24, 2.45) is 0 Å². The van der Waals surface area contributed by atoms with Gasteiger partial charge in [0.25, 0.3) is 11.1 Å². The van der Waals surface area contributed by atoms with E-state index in [-0.39, 0.29) is 12.5 Å². The first kappa shape index (κ1) is 17.3. The van der Waals surface area contributed by atoms with Gasteiger partial charge in [-0.2, -0.15) is 0 Å². The minimum Gasteiger partial charge on any atom is -0.493 e. The van der Waals surface area contributed by atoms with Crippen LogP contribution in [0, 0.1) is 12.3 Å². The molecule has 7 heteroatoms. The topological polar surface area (TPSA) is 75.9 Å². The summed E-state index contributed by atoms with van der Waals surface area (Å²) in [4.78, 5) is 14.2. The van der Waals surface area contributed by atoms with Crippen LogP contribution >= 0.6 is 11.8 Å². The van der Waals surface area contributed by atoms with Crippen molar-refractivity contribution in [3.05, 3.63) is 42.0 Å². The van der Waals surface area contributed by atoms with Crippen molar-refractivity contribution < 1.29 is 19.2 Å². The van der Waals surface area contributed by atoms with Gasteiger partial charge in [-0.25, -0.2) is 10.3 Å². The number of hydrogen-bond acceptors (Lipinski definition) is 5. The summed E-state index contributed by atoms with van der Waals surface area (Å²) >= 11 is 1.40. The van der Waals surface area contributed by atoms with Gasteiger partial charge in [-0.05, 0) is 42.4 Å². The normalized spacial score (nSPS) is 15.6. The van der Waals surface area contributed by atoms with Crippen molar-refractivity contribution in [3.63, 3.8) is 0 Å². The Morgan fingerprint density at radius 1 is 1.16 bits per heavy atom. The van der Waals surface area contributed by atoms with Crippen molar-refractivity contribution in [3.8, 4) is 11.5 Å². The van der Waals surface area contributed by atoms with Gasteiger partial charge in [-0.3, -0.25) is 4.79 Å². The summed E-state index contributed by atoms with van der Waals surface area (Å²) in [5.41, 5.74) is 2.75. The third-order valence-electron chi connectivity index (χ3n) is 3.95. The molecular weight excluding hydrogens is 338 g/mol. The lowest BCUT2D eigenvalue weighted by molar-refractivity contribution is -0.716. The molecule has 0 fully saturated rings. The quantitative estimate of drug-likeness (QED) is 0.766. The lowest BCUT2D eigenvalue weighted by atomic mass is 10.2. The highest BCUT2D eigenvalue weighted by Gasteiger charge is 2.33. The summed E-state index contributed by atoms with van der Waals surface area (Å²) < 4.78 is 10.4. The van der Waals surface area contributed by atoms with E-state index in [9.17, 15) is 4.79 Å². The molecule has 1 heterocycles. The minimum absolute atomic E-state index is 0.163. The Bertz CT molecular complexity index is 838. The molecule has 2 aromatic rings. The van der Waals surface area contributed by atoms with E-state index in [0.717, 1.165) is 21.0 Å². The predicted molar refractivity (Wildman–Crippen MR) is 98.4 cm³/mol. The number of carbonyl (C=O) groups excluding carboxylic acids is 1. The van der Waals surface area contributed by atoms with Gasteiger partial charge in [0.2, 0.25) is 0 Å². The molecule has 2 aromatic carbocycles. The number of thioether (sulfide) groups is 1. The summed E-state index contributed by atoms with van der Waals surface area (Å²) in [6.45, 7) is 2.18. The van der Waals surface area contributed by atoms with Crippen LogP contribution in [0.3, 0.4) is 0 Å². The maximum atomic E-state index is 12.4. The second-order valence-electron chi connectivity index (χ2n) is 5.70. The number of methoxy groups -OCH3 is 2. The largest absolute Gasteiger partial charge is 0.493 e. The third kappa shape index (κ3) is 3.62. The number of hydrogen-bond donors (Lipinski definition) is 3. The first-order valence-corrected chi connectivity index (χ1v) is 8.59. The Hall–Kier alpha value is -2.51. The van der Waals surface area contributed by atoms with Crippen LogP contribution in [-0.2, 0) is 4.79 Å². The van der Waals surface area contributed by atoms with E-state index in [4.69, 9.17) is 14.9 Å². The summed E-state index contributed by atoms with van der Waals surface area (Å²) in [7, 11) is 3.12. The van der Waals surface area contributed by atoms with Crippen LogP contribution < -0.4 is 19.7 Å². The Kier molecular flexibility index (Phi) is 4.96. The predicted octanol–water partition coefficient (Wildman–Crippen LogP) is 2.21. The summed E-state index contributed by atoms with van der Waals surface area (Å²) in [5.74, 6) is 0.993. The zero-order valence-electron chi connectivity index (χ0n) is 14.3. The maximum Gasteiger partial charge on any atom is 0.280 e. The highest BCUT2D eigenvalue weighted by molar-refractivity contribution is 8.13. The molecule has 0 aromatic heterocycles. The van der Waals surface area contributed by atoms with Crippen LogP contribution in [0.15, 0.2) is 41.3 Å². The van der Waals surface area contributed by atoms with Crippen molar-refractivity contribution in [1.29, 1.82) is 5.41 Å². The SMILES string of the molecule is COc1ccc(NC(=O)C[NH+]2C(=N)Sc3cc(C)ccc32)cc1OC. The lowest BCUT2D eigenvalue weighted by Crippen LogP contribution is -3.09. The van der Waals surface area contributed by atoms with Crippen molar-refractivity contribution in [1.82, 2.24) is 0 Å². The van der Waals surface area contributed by atoms with Gasteiger partial charge in [0.05, 0.1) is 19.1 Å². The molecule has 25 heavy (non-hydrogen) atoms. The number of amidine groups is 1. The highest BCUT2D eigenvalue weighted by atomic mass is 32.2. The molecule has 1 unspecified atom stereocenters. The number of quaternary nitrogens is 1. The molecular formula is C18H20N3O3S+. The number of rotatable bonds is 5. The number of ether oxygens (including phenoxy) is 2. The van der Waals surface area contributed by atoms with Crippen LogP contribution in [0.4, 0.5) is 11.4 Å². The van der Waals surface area contributed by atoms with Gasteiger partial charge in [-0.15, -0.1) is 0 Å². The van der Waals surface area contributed by atoms with Gasteiger partial charge < -0.3 is 14.8 Å². The zero-order valence-corrected chi connectivity index (χ0v) is 15.1. The van der Waals surface area contributed by atoms with Gasteiger partial charge >= 0.3 is 0 Å². The first-order chi connectivity index (χ1) is 12.0. The van der Waals surface area contributed by atoms with E-state index < -0.39 is 0 Å². The molecule has 1 atom stereocenters. The molecule has 130 valence electrons. The fourth-order valence-electron chi connectivity index (χ4n) is 2.71. The molecule has 0 bridgehead atoms. The standard InChI is InChI=1S/C18H19N3O3S/c1-11-4-6-13-16(8-11)25-18(19)21(13)10-17(22)20-12-5-7-14(23-2)15(9-12)24-3/h4-9,19H,10H2,1-3H3,(H,20,22)/p+1. The van der Waals surface area contributed by atoms with Crippen molar-refractivity contribution in [2.75, 3.05) is 26.1 Å². The van der Waals surface area contributed by atoms with E-state index in [1.165, 1.54) is 11.8 Å². The van der Waals surface area contributed by atoms with E-state index in [1.54, 1.807) is 32.4 Å². The van der Waals surface area contributed by atoms with Crippen LogP contribution in [0.25, 0.3) is 0 Å². The fraction of sp³-hybridized carbons (Fsp3) is 0.222. The fourth-order valence-corrected chi connectivity index (χ4v) is 3.78. The smallest absolute Gasteiger partial charge is 0.280 e. The molecule has 3 N–H and O–H groups in total. The molecule has 0 radical (unpaired) electrons. The molecule has 0 saturated heterocycles. The molecule has 6 nitrogen and oxygen atoms in total. The maximum absolute atomic E-state index is 12.4. The Morgan fingerprint density at radius 2 is 1.92 bits per heavy atom. The van der Waals surface area contributed by atoms with Crippen LogP contribution in [0.5, 0.6) is 11.5 Å². The molecule has 1 amide bonds. The number of fused-ring (bicyclic) bond motifs is 1. The highest BCUT2D eigenvalue weighted by Crippen LogP contribution is 2.31. The third-order valence-corrected chi connectivity index (χ3v) is 4.96. The Balaban J connectivity index is 1.72. The summed E-state index contributed by atoms with van der Waals surface area (Å²) in [6, 6.07) is 11.3. The van der Waals surface area contributed by atoms with Crippen molar-refractivity contribution in [2.45, 2.75) is 11.8 Å². The number of anilines is 1. The average Bonchev–Trinajstić information content (AvgIpc) is 2.89. The zero-order chi connectivity index (χ0) is 18.0. The Labute approximate surface area is 150 Å². The van der Waals surface area contributed by atoms with E-state index >= 15 is 0 Å². The molecule has 1 aliphatic rings. The van der Waals surface area contributed by atoms with Gasteiger partial charge in [0.15, 0.2) is 23.7 Å². The monoisotopic (exact) mass is 358 g/mol. The Morgan fingerprint density at radius 3 is 2.64 bits per heavy atom. The lowest BCUT2D eigenvalue weighted by Gasteiger charge is -2.13. The van der Waals surface area contributed by atoms with Gasteiger partial charge in [0, 0.05) is 17.8 Å². The van der Waals surface area contributed by atoms with Crippen LogP contribution in [0.2, 0.25) is 0 Å². The molecule has 0 spiro atoms. The second kappa shape index (κ2) is 7.16. The number of benzene rings is 2. The first-order valence-electron chi connectivity index (χ1n) is 7.77. The van der Waals surface area contributed by atoms with Gasteiger partial charge in [-0.1, -0.05) is 6.07 Å². The number of amides is 1.